The molecule has 2 bridgehead atoms. The molecule has 1 fully saturated rings. The van der Waals surface area contributed by atoms with Crippen LogP contribution in [0.5, 0.6) is 5.75 Å². The first-order valence-corrected chi connectivity index (χ1v) is 12.9. The highest BCUT2D eigenvalue weighted by molar-refractivity contribution is 5.80. The van der Waals surface area contributed by atoms with Crippen LogP contribution in [0, 0.1) is 5.92 Å². The van der Waals surface area contributed by atoms with Crippen molar-refractivity contribution in [1.29, 1.82) is 0 Å². The van der Waals surface area contributed by atoms with E-state index in [2.05, 4.69) is 9.88 Å². The number of nitrogens with two attached hydrogens (primary N) is 1. The van der Waals surface area contributed by atoms with Crippen LogP contribution in [0.2, 0.25) is 0 Å². The minimum atomic E-state index is -1.05. The maximum atomic E-state index is 13.0. The van der Waals surface area contributed by atoms with E-state index in [-0.39, 0.29) is 35.1 Å². The molecule has 0 spiro atoms. The average Bonchev–Trinajstić information content (AvgIpc) is 2.89. The van der Waals surface area contributed by atoms with Crippen LogP contribution < -0.4 is 22.3 Å². The van der Waals surface area contributed by atoms with E-state index < -0.39 is 28.6 Å². The van der Waals surface area contributed by atoms with Crippen molar-refractivity contribution in [2.45, 2.75) is 37.8 Å². The molecule has 0 saturated carbocycles. The quantitative estimate of drug-likeness (QED) is 0.346. The minimum Gasteiger partial charge on any atom is -0.502 e. The Kier molecular flexibility index (Phi) is 6.19. The number of rotatable bonds is 6. The third-order valence-corrected chi connectivity index (χ3v) is 7.81. The largest absolute Gasteiger partial charge is 0.502 e. The molecule has 4 N–H and O–H groups in total. The van der Waals surface area contributed by atoms with Gasteiger partial charge < -0.3 is 24.8 Å². The number of piperidine rings is 1. The lowest BCUT2D eigenvalue weighted by atomic mass is 9.83. The molecule has 3 atom stereocenters. The highest BCUT2D eigenvalue weighted by Gasteiger charge is 2.35. The highest BCUT2D eigenvalue weighted by Crippen LogP contribution is 2.36. The summed E-state index contributed by atoms with van der Waals surface area (Å²) in [7, 11) is 0. The summed E-state index contributed by atoms with van der Waals surface area (Å²) in [6.07, 6.45) is 0.650. The molecular weight excluding hydrogens is 500 g/mol. The Morgan fingerprint density at radius 1 is 1.08 bits per heavy atom. The lowest BCUT2D eigenvalue weighted by Crippen LogP contribution is -2.46. The van der Waals surface area contributed by atoms with Crippen molar-refractivity contribution in [1.82, 2.24) is 14.5 Å². The third kappa shape index (κ3) is 4.67. The molecule has 1 saturated heterocycles. The van der Waals surface area contributed by atoms with Gasteiger partial charge in [-0.3, -0.25) is 24.1 Å². The van der Waals surface area contributed by atoms with E-state index in [1.54, 1.807) is 30.3 Å². The highest BCUT2D eigenvalue weighted by atomic mass is 16.4. The van der Waals surface area contributed by atoms with E-state index in [1.807, 2.05) is 22.8 Å². The van der Waals surface area contributed by atoms with Gasteiger partial charge in [0, 0.05) is 60.9 Å². The van der Waals surface area contributed by atoms with Crippen LogP contribution in [0.3, 0.4) is 0 Å². The SMILES string of the molecule is NC(=O)CC(c1oc(CN2CC3CC(C2)c2cccc(=O)n2C3)cc(=O)c1O)c1cc2ccccc2[nH]c1=O. The number of nitrogens with zero attached hydrogens (tertiary/aromatic N) is 2. The van der Waals surface area contributed by atoms with Crippen LogP contribution in [0.15, 0.2) is 73.4 Å². The fraction of sp³-hybridized carbons (Fsp3) is 0.310. The summed E-state index contributed by atoms with van der Waals surface area (Å²) >= 11 is 0. The van der Waals surface area contributed by atoms with Crippen molar-refractivity contribution >= 4 is 16.8 Å². The Bertz CT molecular complexity index is 1770. The Balaban J connectivity index is 1.35. The van der Waals surface area contributed by atoms with Crippen LogP contribution in [0.4, 0.5) is 0 Å². The molecule has 2 aliphatic rings. The van der Waals surface area contributed by atoms with Gasteiger partial charge in [-0.1, -0.05) is 24.3 Å². The summed E-state index contributed by atoms with van der Waals surface area (Å²) < 4.78 is 7.93. The van der Waals surface area contributed by atoms with Crippen molar-refractivity contribution < 1.29 is 14.3 Å². The van der Waals surface area contributed by atoms with Gasteiger partial charge in [0.05, 0.1) is 12.5 Å². The number of benzene rings is 1. The van der Waals surface area contributed by atoms with Gasteiger partial charge in [0.1, 0.15) is 5.76 Å². The Morgan fingerprint density at radius 2 is 1.90 bits per heavy atom. The number of fused-ring (bicyclic) bond motifs is 5. The predicted octanol–water partition coefficient (Wildman–Crippen LogP) is 1.98. The van der Waals surface area contributed by atoms with Crippen molar-refractivity contribution in [3.05, 3.63) is 108 Å². The van der Waals surface area contributed by atoms with Crippen molar-refractivity contribution in [3.8, 4) is 5.75 Å². The molecule has 3 aromatic heterocycles. The molecule has 200 valence electrons. The monoisotopic (exact) mass is 528 g/mol. The number of hydrogen-bond acceptors (Lipinski definition) is 7. The molecular formula is C29H28N4O6. The van der Waals surface area contributed by atoms with E-state index in [4.69, 9.17) is 10.2 Å². The van der Waals surface area contributed by atoms with E-state index >= 15 is 0 Å². The number of carbonyl (C=O) groups is 1. The zero-order valence-corrected chi connectivity index (χ0v) is 21.1. The molecule has 1 amide bonds. The molecule has 4 aromatic rings. The molecule has 0 aliphatic carbocycles. The summed E-state index contributed by atoms with van der Waals surface area (Å²) in [4.78, 5) is 55.2. The zero-order chi connectivity index (χ0) is 27.3. The van der Waals surface area contributed by atoms with Crippen LogP contribution in [-0.4, -0.2) is 38.6 Å². The fourth-order valence-electron chi connectivity index (χ4n) is 6.18. The zero-order valence-electron chi connectivity index (χ0n) is 21.1. The number of primary amides is 1. The number of H-pyrrole nitrogens is 1. The minimum absolute atomic E-state index is 0.00833. The number of aromatic nitrogens is 2. The average molecular weight is 529 g/mol. The lowest BCUT2D eigenvalue weighted by molar-refractivity contribution is -0.118. The number of hydrogen-bond donors (Lipinski definition) is 3. The standard InChI is InChI=1S/C29H28N4O6/c30-25(35)11-20(21-9-17-4-1-2-5-22(17)31-29(21)38)28-27(37)24(34)10-19(39-28)15-32-12-16-8-18(14-32)23-6-3-7-26(36)33(23)13-16/h1-7,9-10,16,18,20,37H,8,11-15H2,(H2,30,35)(H,31,38). The van der Waals surface area contributed by atoms with E-state index in [9.17, 15) is 24.3 Å². The normalized spacial score (nSPS) is 19.5. The Labute approximate surface area is 222 Å². The number of carbonyl (C=O) groups excluding carboxylic acids is 1. The molecule has 1 aromatic carbocycles. The number of pyridine rings is 2. The summed E-state index contributed by atoms with van der Waals surface area (Å²) in [5.41, 5.74) is 6.19. The molecule has 5 heterocycles. The maximum Gasteiger partial charge on any atom is 0.252 e. The van der Waals surface area contributed by atoms with Crippen molar-refractivity contribution in [3.63, 3.8) is 0 Å². The second-order valence-corrected chi connectivity index (χ2v) is 10.5. The first-order valence-electron chi connectivity index (χ1n) is 12.9. The summed E-state index contributed by atoms with van der Waals surface area (Å²) in [6.45, 7) is 2.32. The van der Waals surface area contributed by atoms with Gasteiger partial charge in [-0.2, -0.15) is 0 Å². The molecule has 0 radical (unpaired) electrons. The summed E-state index contributed by atoms with van der Waals surface area (Å²) in [5.74, 6) is -1.81. The van der Waals surface area contributed by atoms with E-state index in [0.29, 0.717) is 37.5 Å². The number of likely N-dealkylation sites (tertiary alicyclic amines) is 1. The van der Waals surface area contributed by atoms with E-state index in [0.717, 1.165) is 17.5 Å². The van der Waals surface area contributed by atoms with E-state index in [1.165, 1.54) is 6.07 Å². The Hall–Kier alpha value is -4.44. The first-order chi connectivity index (χ1) is 18.8. The fourth-order valence-corrected chi connectivity index (χ4v) is 6.18. The van der Waals surface area contributed by atoms with Gasteiger partial charge in [-0.15, -0.1) is 0 Å². The smallest absolute Gasteiger partial charge is 0.252 e. The molecule has 6 rings (SSSR count). The van der Waals surface area contributed by atoms with Gasteiger partial charge in [-0.05, 0) is 35.9 Å². The number of nitrogens with one attached hydrogen (secondary N) is 1. The second kappa shape index (κ2) is 9.70. The van der Waals surface area contributed by atoms with Crippen LogP contribution in [0.1, 0.15) is 47.5 Å². The van der Waals surface area contributed by atoms with Gasteiger partial charge in [-0.25, -0.2) is 0 Å². The topological polar surface area (TPSA) is 152 Å². The van der Waals surface area contributed by atoms with Crippen LogP contribution in [0.25, 0.3) is 10.9 Å². The number of aromatic hydroxyl groups is 1. The number of para-hydroxylation sites is 1. The van der Waals surface area contributed by atoms with Gasteiger partial charge >= 0.3 is 0 Å². The van der Waals surface area contributed by atoms with Gasteiger partial charge in [0.25, 0.3) is 11.1 Å². The molecule has 10 heteroatoms. The maximum absolute atomic E-state index is 13.0. The van der Waals surface area contributed by atoms with Gasteiger partial charge in [0.15, 0.2) is 5.76 Å². The third-order valence-electron chi connectivity index (χ3n) is 7.81. The van der Waals surface area contributed by atoms with Gasteiger partial charge in [0.2, 0.25) is 17.1 Å². The molecule has 2 aliphatic heterocycles. The lowest BCUT2D eigenvalue weighted by Gasteiger charge is -2.42. The first kappa shape index (κ1) is 24.9. The van der Waals surface area contributed by atoms with Crippen molar-refractivity contribution in [2.75, 3.05) is 13.1 Å². The Morgan fingerprint density at radius 3 is 2.72 bits per heavy atom. The van der Waals surface area contributed by atoms with Crippen molar-refractivity contribution in [2.24, 2.45) is 11.7 Å². The van der Waals surface area contributed by atoms with Crippen LogP contribution >= 0.6 is 0 Å². The summed E-state index contributed by atoms with van der Waals surface area (Å²) in [6, 6.07) is 15.4. The molecule has 3 unspecified atom stereocenters. The predicted molar refractivity (Wildman–Crippen MR) is 144 cm³/mol. The second-order valence-electron chi connectivity index (χ2n) is 10.5. The van der Waals surface area contributed by atoms with Crippen LogP contribution in [-0.2, 0) is 17.9 Å². The molecule has 10 nitrogen and oxygen atoms in total. The number of aromatic amines is 1. The number of amides is 1. The summed E-state index contributed by atoms with van der Waals surface area (Å²) in [5, 5.41) is 11.4. The molecule has 39 heavy (non-hydrogen) atoms.